The largest absolute Gasteiger partial charge is 0.497 e. The third kappa shape index (κ3) is 4.73. The second-order valence-electron chi connectivity index (χ2n) is 8.74. The number of allylic oxidation sites excluding steroid dienone is 1. The van der Waals surface area contributed by atoms with Crippen molar-refractivity contribution in [2.75, 3.05) is 13.7 Å². The summed E-state index contributed by atoms with van der Waals surface area (Å²) >= 11 is 7.42. The third-order valence-electron chi connectivity index (χ3n) is 6.29. The number of hydrogen-bond donors (Lipinski definition) is 0. The van der Waals surface area contributed by atoms with E-state index in [-0.39, 0.29) is 12.2 Å². The maximum absolute atomic E-state index is 13.8. The fraction of sp³-hybridized carbons (Fsp3) is 0.207. The van der Waals surface area contributed by atoms with Gasteiger partial charge in [-0.2, -0.15) is 0 Å². The average Bonchev–Trinajstić information content (AvgIpc) is 3.49. The van der Waals surface area contributed by atoms with E-state index in [0.29, 0.717) is 48.5 Å². The molecule has 0 amide bonds. The van der Waals surface area contributed by atoms with Crippen LogP contribution in [0.25, 0.3) is 17.4 Å². The molecular weight excluding hydrogens is 524 g/mol. The van der Waals surface area contributed by atoms with Crippen LogP contribution in [0.3, 0.4) is 0 Å². The molecule has 0 spiro atoms. The predicted molar refractivity (Wildman–Crippen MR) is 147 cm³/mol. The molecule has 0 fully saturated rings. The SMILES string of the molecule is CCOC(=O)C1=C(C)N=c2sc(=Cc3ccc(-c4cc(Cl)ccc4C)o3)c(=O)n2[C@H]1c1cccc(OC)c1. The normalized spacial score (nSPS) is 15.3. The molecule has 0 bridgehead atoms. The summed E-state index contributed by atoms with van der Waals surface area (Å²) in [7, 11) is 1.57. The number of carbonyl (C=O) groups excluding carboxylic acids is 1. The standard InChI is InChI=1S/C29H25ClN2O5S/c1-5-36-28(34)25-17(3)31-29-32(26(25)18-7-6-8-20(13-18)35-4)27(33)24(38-29)15-21-11-12-23(37-21)22-14-19(30)10-9-16(22)2/h6-15,26H,5H2,1-4H3/t26-/m0/s1. The smallest absolute Gasteiger partial charge is 0.338 e. The molecule has 3 heterocycles. The van der Waals surface area contributed by atoms with Gasteiger partial charge < -0.3 is 13.9 Å². The number of carbonyl (C=O) groups is 1. The molecule has 38 heavy (non-hydrogen) atoms. The van der Waals surface area contributed by atoms with Crippen LogP contribution >= 0.6 is 22.9 Å². The highest BCUT2D eigenvalue weighted by molar-refractivity contribution is 7.07. The molecule has 0 unspecified atom stereocenters. The molecule has 1 aliphatic rings. The lowest BCUT2D eigenvalue weighted by molar-refractivity contribution is -0.139. The summed E-state index contributed by atoms with van der Waals surface area (Å²) in [5, 5.41) is 0.613. The van der Waals surface area contributed by atoms with Gasteiger partial charge in [-0.05, 0) is 68.3 Å². The van der Waals surface area contributed by atoms with Gasteiger partial charge in [-0.15, -0.1) is 0 Å². The van der Waals surface area contributed by atoms with Gasteiger partial charge in [0.25, 0.3) is 5.56 Å². The molecule has 1 aliphatic heterocycles. The lowest BCUT2D eigenvalue weighted by Crippen LogP contribution is -2.39. The van der Waals surface area contributed by atoms with E-state index in [1.165, 1.54) is 15.9 Å². The van der Waals surface area contributed by atoms with E-state index in [0.717, 1.165) is 11.1 Å². The highest BCUT2D eigenvalue weighted by atomic mass is 35.5. The Bertz CT molecular complexity index is 1760. The first-order valence-corrected chi connectivity index (χ1v) is 13.2. The Kier molecular flexibility index (Phi) is 7.10. The summed E-state index contributed by atoms with van der Waals surface area (Å²) in [6.45, 7) is 5.68. The van der Waals surface area contributed by atoms with Gasteiger partial charge in [0.05, 0.1) is 35.6 Å². The van der Waals surface area contributed by atoms with Gasteiger partial charge in [0.2, 0.25) is 0 Å². The predicted octanol–water partition coefficient (Wildman–Crippen LogP) is 5.03. The Morgan fingerprint density at radius 1 is 1.18 bits per heavy atom. The van der Waals surface area contributed by atoms with Gasteiger partial charge in [-0.3, -0.25) is 9.36 Å². The van der Waals surface area contributed by atoms with Crippen molar-refractivity contribution in [3.63, 3.8) is 0 Å². The first-order chi connectivity index (χ1) is 18.3. The zero-order valence-electron chi connectivity index (χ0n) is 21.3. The molecule has 2 aromatic heterocycles. The summed E-state index contributed by atoms with van der Waals surface area (Å²) in [5.74, 6) is 1.27. The number of aromatic nitrogens is 1. The van der Waals surface area contributed by atoms with E-state index in [4.69, 9.17) is 25.5 Å². The van der Waals surface area contributed by atoms with Crippen molar-refractivity contribution in [2.45, 2.75) is 26.8 Å². The topological polar surface area (TPSA) is 83.0 Å². The van der Waals surface area contributed by atoms with Crippen molar-refractivity contribution in [1.82, 2.24) is 4.57 Å². The molecule has 5 rings (SSSR count). The van der Waals surface area contributed by atoms with Crippen molar-refractivity contribution < 1.29 is 18.7 Å². The third-order valence-corrected chi connectivity index (χ3v) is 7.51. The van der Waals surface area contributed by atoms with Gasteiger partial charge in [-0.25, -0.2) is 9.79 Å². The number of benzene rings is 2. The molecule has 0 saturated carbocycles. The van der Waals surface area contributed by atoms with Crippen LogP contribution in [0.1, 0.15) is 36.8 Å². The van der Waals surface area contributed by atoms with Crippen molar-refractivity contribution in [2.24, 2.45) is 4.99 Å². The molecular formula is C29H25ClN2O5S. The van der Waals surface area contributed by atoms with E-state index >= 15 is 0 Å². The summed E-state index contributed by atoms with van der Waals surface area (Å²) in [4.78, 5) is 31.9. The first kappa shape index (κ1) is 25.8. The minimum atomic E-state index is -0.719. The Balaban J connectivity index is 1.65. The number of aryl methyl sites for hydroxylation is 1. The van der Waals surface area contributed by atoms with Crippen LogP contribution in [0.15, 0.2) is 80.1 Å². The molecule has 0 radical (unpaired) electrons. The van der Waals surface area contributed by atoms with E-state index in [9.17, 15) is 9.59 Å². The number of furan rings is 1. The van der Waals surface area contributed by atoms with Crippen LogP contribution in [0.5, 0.6) is 5.75 Å². The minimum absolute atomic E-state index is 0.206. The Morgan fingerprint density at radius 2 is 2.00 bits per heavy atom. The van der Waals surface area contributed by atoms with Crippen LogP contribution in [0.4, 0.5) is 0 Å². The highest BCUT2D eigenvalue weighted by Gasteiger charge is 2.33. The van der Waals surface area contributed by atoms with Crippen molar-refractivity contribution in [3.8, 4) is 17.1 Å². The van der Waals surface area contributed by atoms with Gasteiger partial charge in [0.15, 0.2) is 4.80 Å². The van der Waals surface area contributed by atoms with Gasteiger partial charge in [0, 0.05) is 16.7 Å². The molecule has 1 atom stereocenters. The van der Waals surface area contributed by atoms with Crippen molar-refractivity contribution in [3.05, 3.63) is 107 Å². The summed E-state index contributed by atoms with van der Waals surface area (Å²) in [6, 6.07) is 15.8. The molecule has 0 saturated heterocycles. The monoisotopic (exact) mass is 548 g/mol. The Hall–Kier alpha value is -3.88. The number of halogens is 1. The van der Waals surface area contributed by atoms with E-state index in [1.54, 1.807) is 27.0 Å². The fourth-order valence-corrected chi connectivity index (χ4v) is 5.68. The number of methoxy groups -OCH3 is 1. The minimum Gasteiger partial charge on any atom is -0.497 e. The number of ether oxygens (including phenoxy) is 2. The lowest BCUT2D eigenvalue weighted by Gasteiger charge is -2.24. The number of hydrogen-bond acceptors (Lipinski definition) is 7. The second kappa shape index (κ2) is 10.5. The highest BCUT2D eigenvalue weighted by Crippen LogP contribution is 2.32. The Labute approximate surface area is 227 Å². The molecule has 2 aromatic carbocycles. The van der Waals surface area contributed by atoms with E-state index < -0.39 is 12.0 Å². The number of esters is 1. The lowest BCUT2D eigenvalue weighted by atomic mass is 9.95. The Morgan fingerprint density at radius 3 is 2.76 bits per heavy atom. The zero-order chi connectivity index (χ0) is 27.0. The molecule has 194 valence electrons. The molecule has 4 aromatic rings. The molecule has 0 aliphatic carbocycles. The van der Waals surface area contributed by atoms with Gasteiger partial charge in [-0.1, -0.05) is 41.1 Å². The average molecular weight is 549 g/mol. The van der Waals surface area contributed by atoms with Gasteiger partial charge in [0.1, 0.15) is 17.3 Å². The van der Waals surface area contributed by atoms with Crippen LogP contribution in [0.2, 0.25) is 5.02 Å². The quantitative estimate of drug-likeness (QED) is 0.316. The van der Waals surface area contributed by atoms with Crippen molar-refractivity contribution in [1.29, 1.82) is 0 Å². The van der Waals surface area contributed by atoms with Crippen LogP contribution in [0, 0.1) is 6.92 Å². The molecule has 9 heteroatoms. The summed E-state index contributed by atoms with van der Waals surface area (Å²) in [6.07, 6.45) is 1.69. The first-order valence-electron chi connectivity index (χ1n) is 12.0. The molecule has 7 nitrogen and oxygen atoms in total. The second-order valence-corrected chi connectivity index (χ2v) is 10.2. The molecule has 0 N–H and O–H groups in total. The summed E-state index contributed by atoms with van der Waals surface area (Å²) in [5.41, 5.74) is 3.15. The number of fused-ring (bicyclic) bond motifs is 1. The van der Waals surface area contributed by atoms with Crippen LogP contribution in [-0.2, 0) is 9.53 Å². The number of nitrogens with zero attached hydrogens (tertiary/aromatic N) is 2. The maximum Gasteiger partial charge on any atom is 0.338 e. The summed E-state index contributed by atoms with van der Waals surface area (Å²) < 4.78 is 18.8. The van der Waals surface area contributed by atoms with Gasteiger partial charge >= 0.3 is 5.97 Å². The maximum atomic E-state index is 13.8. The van der Waals surface area contributed by atoms with E-state index in [2.05, 4.69) is 4.99 Å². The van der Waals surface area contributed by atoms with Crippen LogP contribution < -0.4 is 19.6 Å². The number of thiazole rings is 1. The van der Waals surface area contributed by atoms with Crippen LogP contribution in [-0.4, -0.2) is 24.3 Å². The van der Waals surface area contributed by atoms with Crippen molar-refractivity contribution >= 4 is 35.0 Å². The zero-order valence-corrected chi connectivity index (χ0v) is 22.9. The number of rotatable bonds is 6. The van der Waals surface area contributed by atoms with E-state index in [1.807, 2.05) is 61.5 Å². The fourth-order valence-electron chi connectivity index (χ4n) is 4.48.